The molecule has 0 radical (unpaired) electrons. The second kappa shape index (κ2) is 70.8. The monoisotopic (exact) mass is 1260 g/mol. The van der Waals surface area contributed by atoms with Gasteiger partial charge in [0.05, 0.1) is 40.3 Å². The standard InChI is InChI=1S/C81H141NO8/c1-6-8-10-12-14-16-18-20-22-24-26-28-30-32-34-36-37-38-39-40-41-42-44-45-47-49-51-53-55-57-59-61-63-65-67-69-71-78(83)88-75-77(76-89-81(80(85)86)87-74-73-82(3,4)5)90-79(84)72-70-68-66-64-62-60-58-56-54-52-50-48-46-43-35-33-31-29-27-25-23-21-19-17-15-13-11-9-7-2/h9,11,15,17,21,23,27,29,33,35,46,48,52,54,58,60,64,66,77,81H,6-8,10,12-14,16,18-20,22,24-26,28,30-32,34,36-45,47,49-51,53,55-57,59,61-63,65,67-76H2,1-5H3/b11-9-,17-15-,23-21-,29-27-,35-33-,48-46-,54-52-,60-58-,66-64-. The maximum atomic E-state index is 12.9. The number of hydrogen-bond donors (Lipinski definition) is 0. The molecule has 518 valence electrons. The third-order valence-corrected chi connectivity index (χ3v) is 16.3. The number of carboxylic acid groups (broad SMARTS) is 1. The highest BCUT2D eigenvalue weighted by Gasteiger charge is 2.22. The molecule has 9 nitrogen and oxygen atoms in total. The molecule has 0 spiro atoms. The van der Waals surface area contributed by atoms with Gasteiger partial charge in [-0.05, 0) is 77.0 Å². The van der Waals surface area contributed by atoms with Gasteiger partial charge in [0.1, 0.15) is 13.2 Å². The zero-order chi connectivity index (χ0) is 65.4. The predicted molar refractivity (Wildman–Crippen MR) is 384 cm³/mol. The summed E-state index contributed by atoms with van der Waals surface area (Å²) in [6.07, 6.45) is 96.5. The molecule has 0 aliphatic rings. The Balaban J connectivity index is 4.12. The van der Waals surface area contributed by atoms with E-state index in [1.807, 2.05) is 21.1 Å². The number of rotatable bonds is 69. The Kier molecular flexibility index (Phi) is 67.6. The van der Waals surface area contributed by atoms with Gasteiger partial charge in [-0.3, -0.25) is 9.59 Å². The van der Waals surface area contributed by atoms with E-state index >= 15 is 0 Å². The Bertz CT molecular complexity index is 1850. The van der Waals surface area contributed by atoms with Crippen LogP contribution in [0.2, 0.25) is 0 Å². The zero-order valence-electron chi connectivity index (χ0n) is 59.2. The number of aliphatic carboxylic acids is 1. The summed E-state index contributed by atoms with van der Waals surface area (Å²) in [5.74, 6) is -2.36. The Hall–Kier alpha value is -4.05. The van der Waals surface area contributed by atoms with E-state index in [2.05, 4.69) is 123 Å². The smallest absolute Gasteiger partial charge is 0.306 e. The van der Waals surface area contributed by atoms with Crippen LogP contribution in [0.1, 0.15) is 328 Å². The Labute approximate surface area is 555 Å². The van der Waals surface area contributed by atoms with E-state index in [9.17, 15) is 19.5 Å². The first-order chi connectivity index (χ1) is 44.1. The molecule has 0 fully saturated rings. The number of carbonyl (C=O) groups excluding carboxylic acids is 3. The number of allylic oxidation sites excluding steroid dienone is 18. The molecule has 0 aliphatic carbocycles. The van der Waals surface area contributed by atoms with Crippen LogP contribution in [-0.4, -0.2) is 82.3 Å². The fraction of sp³-hybridized carbons (Fsp3) is 0.741. The van der Waals surface area contributed by atoms with E-state index in [-0.39, 0.29) is 38.6 Å². The Morgan fingerprint density at radius 2 is 0.633 bits per heavy atom. The first-order valence-electron chi connectivity index (χ1n) is 37.5. The van der Waals surface area contributed by atoms with Crippen LogP contribution in [0.3, 0.4) is 0 Å². The second-order valence-corrected chi connectivity index (χ2v) is 26.2. The van der Waals surface area contributed by atoms with Crippen molar-refractivity contribution in [2.45, 2.75) is 341 Å². The van der Waals surface area contributed by atoms with Gasteiger partial charge in [0.2, 0.25) is 0 Å². The van der Waals surface area contributed by atoms with Crippen molar-refractivity contribution in [1.29, 1.82) is 0 Å². The van der Waals surface area contributed by atoms with Crippen molar-refractivity contribution < 1.29 is 42.9 Å². The maximum Gasteiger partial charge on any atom is 0.306 e. The maximum absolute atomic E-state index is 12.9. The Morgan fingerprint density at radius 3 is 0.933 bits per heavy atom. The molecule has 90 heavy (non-hydrogen) atoms. The van der Waals surface area contributed by atoms with Gasteiger partial charge in [-0.2, -0.15) is 0 Å². The van der Waals surface area contributed by atoms with Crippen molar-refractivity contribution >= 4 is 17.9 Å². The molecule has 0 heterocycles. The Morgan fingerprint density at radius 1 is 0.344 bits per heavy atom. The van der Waals surface area contributed by atoms with E-state index in [0.29, 0.717) is 23.9 Å². The highest BCUT2D eigenvalue weighted by atomic mass is 16.7. The summed E-state index contributed by atoms with van der Waals surface area (Å²) in [6.45, 7) is 4.60. The average molecular weight is 1260 g/mol. The summed E-state index contributed by atoms with van der Waals surface area (Å²) in [4.78, 5) is 37.5. The largest absolute Gasteiger partial charge is 0.545 e. The third kappa shape index (κ3) is 71.4. The van der Waals surface area contributed by atoms with Crippen LogP contribution < -0.4 is 5.11 Å². The summed E-state index contributed by atoms with van der Waals surface area (Å²) in [5.41, 5.74) is 0. The highest BCUT2D eigenvalue weighted by Crippen LogP contribution is 2.18. The zero-order valence-corrected chi connectivity index (χ0v) is 59.2. The van der Waals surface area contributed by atoms with E-state index < -0.39 is 24.3 Å². The van der Waals surface area contributed by atoms with Crippen LogP contribution in [0.15, 0.2) is 109 Å². The van der Waals surface area contributed by atoms with Gasteiger partial charge in [-0.1, -0.05) is 348 Å². The molecule has 2 unspecified atom stereocenters. The molecule has 0 aromatic heterocycles. The molecule has 0 aliphatic heterocycles. The van der Waals surface area contributed by atoms with Crippen molar-refractivity contribution in [3.63, 3.8) is 0 Å². The fourth-order valence-corrected chi connectivity index (χ4v) is 10.6. The summed E-state index contributed by atoms with van der Waals surface area (Å²) < 4.78 is 22.7. The number of unbranched alkanes of at least 4 members (excludes halogenated alkanes) is 36. The minimum absolute atomic E-state index is 0.132. The van der Waals surface area contributed by atoms with Crippen LogP contribution in [0.4, 0.5) is 0 Å². The first kappa shape index (κ1) is 85.9. The van der Waals surface area contributed by atoms with Gasteiger partial charge in [-0.25, -0.2) is 0 Å². The lowest BCUT2D eigenvalue weighted by Crippen LogP contribution is -2.44. The number of carbonyl (C=O) groups is 3. The lowest BCUT2D eigenvalue weighted by atomic mass is 10.0. The van der Waals surface area contributed by atoms with Crippen molar-refractivity contribution in [3.8, 4) is 0 Å². The minimum Gasteiger partial charge on any atom is -0.545 e. The molecule has 0 amide bonds. The number of hydrogen-bond acceptors (Lipinski definition) is 8. The molecule has 0 N–H and O–H groups in total. The van der Waals surface area contributed by atoms with E-state index in [1.165, 1.54) is 212 Å². The first-order valence-corrected chi connectivity index (χ1v) is 37.5. The molecule has 0 bridgehead atoms. The molecule has 2 atom stereocenters. The third-order valence-electron chi connectivity index (χ3n) is 16.3. The van der Waals surface area contributed by atoms with Crippen LogP contribution >= 0.6 is 0 Å². The molecule has 0 rings (SSSR count). The quantitative estimate of drug-likeness (QED) is 0.0195. The van der Waals surface area contributed by atoms with Crippen LogP contribution in [-0.2, 0) is 33.3 Å². The number of ether oxygens (including phenoxy) is 4. The van der Waals surface area contributed by atoms with Gasteiger partial charge in [0.25, 0.3) is 0 Å². The van der Waals surface area contributed by atoms with Gasteiger partial charge < -0.3 is 33.3 Å². The fourth-order valence-electron chi connectivity index (χ4n) is 10.6. The molecule has 0 saturated carbocycles. The topological polar surface area (TPSA) is 111 Å². The van der Waals surface area contributed by atoms with Crippen LogP contribution in [0.25, 0.3) is 0 Å². The van der Waals surface area contributed by atoms with E-state index in [0.717, 1.165) is 77.0 Å². The van der Waals surface area contributed by atoms with Gasteiger partial charge in [-0.15, -0.1) is 0 Å². The summed E-state index contributed by atoms with van der Waals surface area (Å²) in [5, 5.41) is 11.8. The van der Waals surface area contributed by atoms with Crippen molar-refractivity contribution in [2.75, 3.05) is 47.5 Å². The van der Waals surface area contributed by atoms with Crippen LogP contribution in [0, 0.1) is 0 Å². The van der Waals surface area contributed by atoms with Crippen molar-refractivity contribution in [2.24, 2.45) is 0 Å². The van der Waals surface area contributed by atoms with Gasteiger partial charge in [0, 0.05) is 12.8 Å². The van der Waals surface area contributed by atoms with Crippen molar-refractivity contribution in [3.05, 3.63) is 109 Å². The summed E-state index contributed by atoms with van der Waals surface area (Å²) in [7, 11) is 5.91. The molecular formula is C81H141NO8. The number of quaternary nitrogens is 1. The molecular weight excluding hydrogens is 1110 g/mol. The number of likely N-dealkylation sites (N-methyl/N-ethyl adjacent to an activating group) is 1. The number of nitrogens with zero attached hydrogens (tertiary/aromatic N) is 1. The number of carboxylic acids is 1. The summed E-state index contributed by atoms with van der Waals surface area (Å²) in [6, 6.07) is 0. The number of esters is 2. The van der Waals surface area contributed by atoms with E-state index in [1.54, 1.807) is 0 Å². The lowest BCUT2D eigenvalue weighted by molar-refractivity contribution is -0.870. The van der Waals surface area contributed by atoms with E-state index in [4.69, 9.17) is 18.9 Å². The van der Waals surface area contributed by atoms with Crippen LogP contribution in [0.5, 0.6) is 0 Å². The molecule has 0 aromatic rings. The summed E-state index contributed by atoms with van der Waals surface area (Å²) >= 11 is 0. The highest BCUT2D eigenvalue weighted by molar-refractivity contribution is 5.70. The minimum atomic E-state index is -1.64. The van der Waals surface area contributed by atoms with Crippen molar-refractivity contribution in [1.82, 2.24) is 0 Å². The van der Waals surface area contributed by atoms with Gasteiger partial charge in [0.15, 0.2) is 12.4 Å². The molecule has 9 heteroatoms. The predicted octanol–water partition coefficient (Wildman–Crippen LogP) is 22.4. The lowest BCUT2D eigenvalue weighted by Gasteiger charge is -2.26. The molecule has 0 saturated heterocycles. The van der Waals surface area contributed by atoms with Gasteiger partial charge >= 0.3 is 11.9 Å². The SMILES string of the molecule is CC/C=C\C/C=C\C/C=C\C/C=C\C/C=C\C/C=C\C/C=C\C/C=C\C/C=C\CCCC(=O)OC(COC(=O)CCCCCCCCCCCCCCCCCCCCCCCCCCCCCCCCCCCCCC)COC(OCC[N+](C)(C)C)C(=O)[O-]. The molecule has 0 aromatic carbocycles. The second-order valence-electron chi connectivity index (χ2n) is 26.2. The average Bonchev–Trinajstić information content (AvgIpc) is 3.74. The normalized spacial score (nSPS) is 13.3.